The monoisotopic (exact) mass is 259 g/mol. The maximum atomic E-state index is 12.0. The summed E-state index contributed by atoms with van der Waals surface area (Å²) in [6.45, 7) is 1.98. The number of rotatable bonds is 6. The molecule has 1 atom stereocenters. The lowest BCUT2D eigenvalue weighted by Gasteiger charge is -2.15. The van der Waals surface area contributed by atoms with Crippen molar-refractivity contribution in [3.8, 4) is 0 Å². The normalized spacial score (nSPS) is 13.6. The molecule has 5 heteroatoms. The van der Waals surface area contributed by atoms with Gasteiger partial charge in [-0.05, 0) is 24.8 Å². The van der Waals surface area contributed by atoms with E-state index in [4.69, 9.17) is 0 Å². The topological polar surface area (TPSA) is 46.2 Å². The minimum Gasteiger partial charge on any atom is -0.207 e. The van der Waals surface area contributed by atoms with Crippen molar-refractivity contribution in [2.24, 2.45) is 0 Å². The first kappa shape index (κ1) is 13.5. The molecule has 0 heterocycles. The lowest BCUT2D eigenvalue weighted by molar-refractivity contribution is 0.558. The molecule has 0 bridgehead atoms. The number of benzene rings is 1. The Morgan fingerprint density at radius 3 is 2.44 bits per heavy atom. The summed E-state index contributed by atoms with van der Waals surface area (Å²) in [6.07, 6.45) is 2.77. The summed E-state index contributed by atoms with van der Waals surface area (Å²) >= 11 is 1.64. The molecule has 1 unspecified atom stereocenters. The summed E-state index contributed by atoms with van der Waals surface area (Å²) in [4.78, 5) is 0.328. The zero-order valence-electron chi connectivity index (χ0n) is 9.51. The van der Waals surface area contributed by atoms with Crippen LogP contribution in [0.15, 0.2) is 35.2 Å². The van der Waals surface area contributed by atoms with Gasteiger partial charge >= 0.3 is 0 Å². The van der Waals surface area contributed by atoms with Gasteiger partial charge in [0.25, 0.3) is 0 Å². The molecule has 0 amide bonds. The van der Waals surface area contributed by atoms with E-state index in [1.165, 1.54) is 0 Å². The maximum absolute atomic E-state index is 12.0. The minimum atomic E-state index is -3.36. The molecule has 0 aliphatic rings. The lowest BCUT2D eigenvalue weighted by Crippen LogP contribution is -2.36. The summed E-state index contributed by atoms with van der Waals surface area (Å²) in [5, 5.41) is 0. The Morgan fingerprint density at radius 2 is 1.94 bits per heavy atom. The van der Waals surface area contributed by atoms with E-state index in [1.54, 1.807) is 42.1 Å². The molecular weight excluding hydrogens is 242 g/mol. The Bertz CT molecular complexity index is 403. The van der Waals surface area contributed by atoms with Crippen LogP contribution in [-0.2, 0) is 10.0 Å². The van der Waals surface area contributed by atoms with Crippen LogP contribution < -0.4 is 4.72 Å². The molecule has 1 aromatic rings. The first-order valence-electron chi connectivity index (χ1n) is 5.16. The first-order chi connectivity index (χ1) is 7.60. The van der Waals surface area contributed by atoms with Crippen LogP contribution in [0.1, 0.15) is 13.3 Å². The average Bonchev–Trinajstić information content (AvgIpc) is 2.29. The van der Waals surface area contributed by atoms with Gasteiger partial charge in [0.05, 0.1) is 4.90 Å². The SMILES string of the molecule is CCC(CSC)NS(=O)(=O)c1ccccc1. The lowest BCUT2D eigenvalue weighted by atomic mass is 10.3. The van der Waals surface area contributed by atoms with Gasteiger partial charge in [-0.2, -0.15) is 11.8 Å². The molecule has 0 fully saturated rings. The molecule has 0 saturated heterocycles. The van der Waals surface area contributed by atoms with Gasteiger partial charge < -0.3 is 0 Å². The van der Waals surface area contributed by atoms with E-state index in [0.717, 1.165) is 12.2 Å². The quantitative estimate of drug-likeness (QED) is 0.851. The molecule has 1 aromatic carbocycles. The molecule has 0 saturated carbocycles. The minimum absolute atomic E-state index is 0.000191. The Labute approximate surface area is 102 Å². The summed E-state index contributed by atoms with van der Waals surface area (Å²) in [6, 6.07) is 8.47. The second kappa shape index (κ2) is 6.27. The highest BCUT2D eigenvalue weighted by atomic mass is 32.2. The van der Waals surface area contributed by atoms with Gasteiger partial charge in [-0.15, -0.1) is 0 Å². The molecular formula is C11H17NO2S2. The maximum Gasteiger partial charge on any atom is 0.240 e. The van der Waals surface area contributed by atoms with Gasteiger partial charge in [0, 0.05) is 11.8 Å². The van der Waals surface area contributed by atoms with Gasteiger partial charge in [-0.1, -0.05) is 25.1 Å². The summed E-state index contributed by atoms with van der Waals surface area (Å²) in [7, 11) is -3.36. The fourth-order valence-corrected chi connectivity index (χ4v) is 3.49. The zero-order chi connectivity index (χ0) is 12.0. The van der Waals surface area contributed by atoms with E-state index >= 15 is 0 Å². The van der Waals surface area contributed by atoms with Crippen molar-refractivity contribution >= 4 is 21.8 Å². The van der Waals surface area contributed by atoms with E-state index in [9.17, 15) is 8.42 Å². The average molecular weight is 259 g/mol. The number of nitrogens with one attached hydrogen (secondary N) is 1. The van der Waals surface area contributed by atoms with Crippen LogP contribution in [0.4, 0.5) is 0 Å². The second-order valence-corrected chi connectivity index (χ2v) is 6.12. The van der Waals surface area contributed by atoms with Gasteiger partial charge in [0.2, 0.25) is 10.0 Å². The third-order valence-corrected chi connectivity index (χ3v) is 4.51. The standard InChI is InChI=1S/C11H17NO2S2/c1-3-10(9-15-2)12-16(13,14)11-7-5-4-6-8-11/h4-8,10,12H,3,9H2,1-2H3. The van der Waals surface area contributed by atoms with Crippen LogP contribution in [0.5, 0.6) is 0 Å². The Kier molecular flexibility index (Phi) is 5.31. The molecule has 1 rings (SSSR count). The van der Waals surface area contributed by atoms with Crippen molar-refractivity contribution in [2.45, 2.75) is 24.3 Å². The highest BCUT2D eigenvalue weighted by Crippen LogP contribution is 2.10. The first-order valence-corrected chi connectivity index (χ1v) is 8.04. The third kappa shape index (κ3) is 3.81. The van der Waals surface area contributed by atoms with E-state index in [1.807, 2.05) is 13.2 Å². The van der Waals surface area contributed by atoms with Gasteiger partial charge in [-0.25, -0.2) is 13.1 Å². The smallest absolute Gasteiger partial charge is 0.207 e. The fraction of sp³-hybridized carbons (Fsp3) is 0.455. The molecule has 0 radical (unpaired) electrons. The number of hydrogen-bond donors (Lipinski definition) is 1. The van der Waals surface area contributed by atoms with Crippen molar-refractivity contribution in [3.05, 3.63) is 30.3 Å². The number of sulfonamides is 1. The van der Waals surface area contributed by atoms with Crippen LogP contribution in [0.3, 0.4) is 0 Å². The van der Waals surface area contributed by atoms with Crippen molar-refractivity contribution in [3.63, 3.8) is 0 Å². The predicted molar refractivity (Wildman–Crippen MR) is 69.2 cm³/mol. The molecule has 0 aliphatic heterocycles. The Hall–Kier alpha value is -0.520. The van der Waals surface area contributed by atoms with E-state index in [0.29, 0.717) is 4.90 Å². The van der Waals surface area contributed by atoms with Crippen LogP contribution in [-0.4, -0.2) is 26.5 Å². The van der Waals surface area contributed by atoms with Gasteiger partial charge in [-0.3, -0.25) is 0 Å². The van der Waals surface area contributed by atoms with Crippen LogP contribution in [0.25, 0.3) is 0 Å². The molecule has 0 aromatic heterocycles. The zero-order valence-corrected chi connectivity index (χ0v) is 11.1. The molecule has 16 heavy (non-hydrogen) atoms. The fourth-order valence-electron chi connectivity index (χ4n) is 1.32. The highest BCUT2D eigenvalue weighted by Gasteiger charge is 2.17. The number of thioether (sulfide) groups is 1. The highest BCUT2D eigenvalue weighted by molar-refractivity contribution is 7.98. The Morgan fingerprint density at radius 1 is 1.31 bits per heavy atom. The number of hydrogen-bond acceptors (Lipinski definition) is 3. The second-order valence-electron chi connectivity index (χ2n) is 3.49. The predicted octanol–water partition coefficient (Wildman–Crippen LogP) is 2.11. The summed E-state index contributed by atoms with van der Waals surface area (Å²) < 4.78 is 26.6. The van der Waals surface area contributed by atoms with Crippen LogP contribution >= 0.6 is 11.8 Å². The van der Waals surface area contributed by atoms with Gasteiger partial charge in [0.1, 0.15) is 0 Å². The van der Waals surface area contributed by atoms with E-state index < -0.39 is 10.0 Å². The van der Waals surface area contributed by atoms with E-state index in [2.05, 4.69) is 4.72 Å². The molecule has 90 valence electrons. The molecule has 0 aliphatic carbocycles. The molecule has 1 N–H and O–H groups in total. The van der Waals surface area contributed by atoms with Crippen molar-refractivity contribution in [2.75, 3.05) is 12.0 Å². The van der Waals surface area contributed by atoms with E-state index in [-0.39, 0.29) is 6.04 Å². The summed E-state index contributed by atoms with van der Waals surface area (Å²) in [5.41, 5.74) is 0. The van der Waals surface area contributed by atoms with Crippen molar-refractivity contribution in [1.82, 2.24) is 4.72 Å². The van der Waals surface area contributed by atoms with Crippen molar-refractivity contribution in [1.29, 1.82) is 0 Å². The third-order valence-electron chi connectivity index (χ3n) is 2.24. The van der Waals surface area contributed by atoms with Crippen molar-refractivity contribution < 1.29 is 8.42 Å². The summed E-state index contributed by atoms with van der Waals surface area (Å²) in [5.74, 6) is 0.794. The molecule has 3 nitrogen and oxygen atoms in total. The van der Waals surface area contributed by atoms with Crippen LogP contribution in [0.2, 0.25) is 0 Å². The van der Waals surface area contributed by atoms with Crippen LogP contribution in [0, 0.1) is 0 Å². The van der Waals surface area contributed by atoms with Gasteiger partial charge in [0.15, 0.2) is 0 Å². The Balaban J connectivity index is 2.79. The largest absolute Gasteiger partial charge is 0.240 e. The molecule has 0 spiro atoms.